The molecular weight excluding hydrogens is 504 g/mol. The summed E-state index contributed by atoms with van der Waals surface area (Å²) in [6, 6.07) is 48.3. The van der Waals surface area contributed by atoms with E-state index >= 15 is 0 Å². The number of hydrogen-bond donors (Lipinski definition) is 2. The Labute approximate surface area is 240 Å². The van der Waals surface area contributed by atoms with E-state index in [1.54, 1.807) is 0 Å². The lowest BCUT2D eigenvalue weighted by Crippen LogP contribution is -1.98. The second-order valence-corrected chi connectivity index (χ2v) is 9.90. The Morgan fingerprint density at radius 1 is 0.390 bits per heavy atom. The van der Waals surface area contributed by atoms with E-state index in [1.165, 1.54) is 0 Å². The van der Waals surface area contributed by atoms with Crippen LogP contribution in [0, 0.1) is 0 Å². The highest BCUT2D eigenvalue weighted by atomic mass is 16.5. The predicted molar refractivity (Wildman–Crippen MR) is 168 cm³/mol. The van der Waals surface area contributed by atoms with Crippen LogP contribution in [0.2, 0.25) is 0 Å². The summed E-state index contributed by atoms with van der Waals surface area (Å²) < 4.78 is 12.8. The highest BCUT2D eigenvalue weighted by molar-refractivity contribution is 5.68. The van der Waals surface area contributed by atoms with Gasteiger partial charge in [0.15, 0.2) is 0 Å². The first kappa shape index (κ1) is 25.8. The van der Waals surface area contributed by atoms with Crippen molar-refractivity contribution in [3.63, 3.8) is 0 Å². The molecule has 0 saturated heterocycles. The Kier molecular flexibility index (Phi) is 7.37. The molecule has 4 N–H and O–H groups in total. The van der Waals surface area contributed by atoms with Crippen molar-refractivity contribution in [2.24, 2.45) is 0 Å². The molecule has 0 fully saturated rings. The zero-order chi connectivity index (χ0) is 28.0. The molecule has 0 radical (unpaired) electrons. The monoisotopic (exact) mass is 534 g/mol. The minimum Gasteiger partial charge on any atom is -0.457 e. The van der Waals surface area contributed by atoms with Gasteiger partial charge in [-0.25, -0.2) is 0 Å². The highest BCUT2D eigenvalue weighted by Crippen LogP contribution is 2.36. The van der Waals surface area contributed by atoms with Gasteiger partial charge in [0.25, 0.3) is 0 Å². The molecule has 6 rings (SSSR count). The third-order valence-electron chi connectivity index (χ3n) is 6.93. The summed E-state index contributed by atoms with van der Waals surface area (Å²) in [4.78, 5) is 0. The van der Waals surface area contributed by atoms with Crippen molar-refractivity contribution < 1.29 is 9.47 Å². The average Bonchev–Trinajstić information content (AvgIpc) is 3.02. The summed E-state index contributed by atoms with van der Waals surface area (Å²) in [5.41, 5.74) is 19.8. The Balaban J connectivity index is 1.44. The zero-order valence-electron chi connectivity index (χ0n) is 22.5. The molecule has 41 heavy (non-hydrogen) atoms. The lowest BCUT2D eigenvalue weighted by atomic mass is 9.95. The van der Waals surface area contributed by atoms with Crippen LogP contribution in [0.1, 0.15) is 11.1 Å². The molecule has 4 heteroatoms. The van der Waals surface area contributed by atoms with Gasteiger partial charge in [-0.15, -0.1) is 0 Å². The van der Waals surface area contributed by atoms with Crippen LogP contribution in [0.15, 0.2) is 146 Å². The van der Waals surface area contributed by atoms with Crippen molar-refractivity contribution in [3.05, 3.63) is 157 Å². The fourth-order valence-electron chi connectivity index (χ4n) is 4.79. The Morgan fingerprint density at radius 2 is 0.780 bits per heavy atom. The summed E-state index contributed by atoms with van der Waals surface area (Å²) in [5, 5.41) is 0. The molecule has 0 amide bonds. The third-order valence-corrected chi connectivity index (χ3v) is 6.93. The first-order valence-corrected chi connectivity index (χ1v) is 13.5. The maximum atomic E-state index is 6.40. The van der Waals surface area contributed by atoms with Crippen molar-refractivity contribution in [1.29, 1.82) is 0 Å². The molecule has 0 aliphatic heterocycles. The average molecular weight is 535 g/mol. The third kappa shape index (κ3) is 6.23. The fourth-order valence-corrected chi connectivity index (χ4v) is 4.79. The molecule has 0 aromatic heterocycles. The summed E-state index contributed by atoms with van der Waals surface area (Å²) in [6.45, 7) is 0. The number of nitrogens with two attached hydrogens (primary N) is 2. The Morgan fingerprint density at radius 3 is 1.17 bits per heavy atom. The first-order valence-electron chi connectivity index (χ1n) is 13.5. The first-order chi connectivity index (χ1) is 20.1. The van der Waals surface area contributed by atoms with Gasteiger partial charge >= 0.3 is 0 Å². The Hall–Kier alpha value is -5.48. The van der Waals surface area contributed by atoms with Crippen molar-refractivity contribution >= 4 is 11.4 Å². The van der Waals surface area contributed by atoms with Crippen molar-refractivity contribution in [1.82, 2.24) is 0 Å². The van der Waals surface area contributed by atoms with Crippen molar-refractivity contribution in [2.75, 3.05) is 11.5 Å². The van der Waals surface area contributed by atoms with Crippen molar-refractivity contribution in [3.8, 4) is 45.3 Å². The molecule has 0 aliphatic rings. The molecule has 0 heterocycles. The van der Waals surface area contributed by atoms with Crippen LogP contribution < -0.4 is 20.9 Å². The van der Waals surface area contributed by atoms with Crippen molar-refractivity contribution in [2.45, 2.75) is 6.42 Å². The van der Waals surface area contributed by atoms with E-state index in [2.05, 4.69) is 72.8 Å². The van der Waals surface area contributed by atoms with Gasteiger partial charge in [0, 0.05) is 17.8 Å². The number of benzene rings is 6. The van der Waals surface area contributed by atoms with Crippen LogP contribution in [0.3, 0.4) is 0 Å². The maximum Gasteiger partial charge on any atom is 0.130 e. The topological polar surface area (TPSA) is 70.5 Å². The largest absolute Gasteiger partial charge is 0.457 e. The second kappa shape index (κ2) is 11.7. The molecule has 200 valence electrons. The quantitative estimate of drug-likeness (QED) is 0.191. The van der Waals surface area contributed by atoms with E-state index in [1.807, 2.05) is 72.8 Å². The SMILES string of the molecule is Nc1ccc(Oc2ccc(-c3ccccc3)cc2Cc2cc(-c3ccccc3)ccc2Oc2ccc(N)cc2)cc1. The molecule has 0 spiro atoms. The van der Waals surface area contributed by atoms with Crippen LogP contribution in [-0.2, 0) is 6.42 Å². The van der Waals surface area contributed by atoms with Gasteiger partial charge in [-0.05, 0) is 106 Å². The number of anilines is 2. The normalized spacial score (nSPS) is 10.7. The van der Waals surface area contributed by atoms with E-state index in [0.717, 1.165) is 56.4 Å². The lowest BCUT2D eigenvalue weighted by molar-refractivity contribution is 0.471. The fraction of sp³-hybridized carbons (Fsp3) is 0.0270. The van der Waals surface area contributed by atoms with Gasteiger partial charge in [0.05, 0.1) is 0 Å². The van der Waals surface area contributed by atoms with Crippen LogP contribution in [-0.4, -0.2) is 0 Å². The number of nitrogen functional groups attached to an aromatic ring is 2. The van der Waals surface area contributed by atoms with E-state index in [0.29, 0.717) is 17.8 Å². The van der Waals surface area contributed by atoms with Crippen LogP contribution in [0.5, 0.6) is 23.0 Å². The standard InChI is InChI=1S/C37H30N2O2/c38-32-13-17-34(18-14-32)40-36-21-11-28(26-7-3-1-4-8-26)23-30(36)25-31-24-29(27-9-5-2-6-10-27)12-22-37(31)41-35-19-15-33(39)16-20-35/h1-24H,25,38-39H2. The molecule has 0 bridgehead atoms. The summed E-state index contributed by atoms with van der Waals surface area (Å²) in [5.74, 6) is 3.00. The maximum absolute atomic E-state index is 6.40. The van der Waals surface area contributed by atoms with E-state index < -0.39 is 0 Å². The smallest absolute Gasteiger partial charge is 0.130 e. The summed E-state index contributed by atoms with van der Waals surface area (Å²) >= 11 is 0. The zero-order valence-corrected chi connectivity index (χ0v) is 22.5. The molecule has 6 aromatic rings. The van der Waals surface area contributed by atoms with Gasteiger partial charge in [0.1, 0.15) is 23.0 Å². The van der Waals surface area contributed by atoms with Crippen LogP contribution >= 0.6 is 0 Å². The summed E-state index contributed by atoms with van der Waals surface area (Å²) in [7, 11) is 0. The minimum atomic E-state index is 0.593. The Bertz CT molecular complexity index is 1620. The van der Waals surface area contributed by atoms with Gasteiger partial charge in [0.2, 0.25) is 0 Å². The van der Waals surface area contributed by atoms with Crippen LogP contribution in [0.25, 0.3) is 22.3 Å². The molecule has 0 atom stereocenters. The van der Waals surface area contributed by atoms with Gasteiger partial charge in [-0.2, -0.15) is 0 Å². The molecule has 0 aliphatic carbocycles. The van der Waals surface area contributed by atoms with Gasteiger partial charge < -0.3 is 20.9 Å². The van der Waals surface area contributed by atoms with Gasteiger partial charge in [-0.1, -0.05) is 72.8 Å². The molecule has 0 saturated carbocycles. The van der Waals surface area contributed by atoms with E-state index in [4.69, 9.17) is 20.9 Å². The molecule has 0 unspecified atom stereocenters. The number of ether oxygens (including phenoxy) is 2. The number of hydrogen-bond acceptors (Lipinski definition) is 4. The van der Waals surface area contributed by atoms with E-state index in [9.17, 15) is 0 Å². The molecule has 6 aromatic carbocycles. The number of rotatable bonds is 8. The molecule has 4 nitrogen and oxygen atoms in total. The second-order valence-electron chi connectivity index (χ2n) is 9.90. The van der Waals surface area contributed by atoms with Crippen LogP contribution in [0.4, 0.5) is 11.4 Å². The van der Waals surface area contributed by atoms with Gasteiger partial charge in [-0.3, -0.25) is 0 Å². The summed E-state index contributed by atoms with van der Waals surface area (Å²) in [6.07, 6.45) is 0.593. The lowest BCUT2D eigenvalue weighted by Gasteiger charge is -2.17. The predicted octanol–water partition coefficient (Wildman–Crippen LogP) is 9.36. The van der Waals surface area contributed by atoms with E-state index in [-0.39, 0.29) is 0 Å². The highest BCUT2D eigenvalue weighted by Gasteiger charge is 2.14. The minimum absolute atomic E-state index is 0.593. The molecular formula is C37H30N2O2.